The van der Waals surface area contributed by atoms with Crippen molar-refractivity contribution < 1.29 is 9.53 Å². The van der Waals surface area contributed by atoms with Crippen LogP contribution in [0.2, 0.25) is 0 Å². The van der Waals surface area contributed by atoms with Crippen LogP contribution in [-0.2, 0) is 9.53 Å². The molecule has 1 aliphatic carbocycles. The summed E-state index contributed by atoms with van der Waals surface area (Å²) in [7, 11) is 0. The topological polar surface area (TPSA) is 26.3 Å². The fourth-order valence-corrected chi connectivity index (χ4v) is 1.73. The number of carbonyl (C=O) groups excluding carboxylic acids is 1. The molecule has 1 aliphatic rings. The first-order valence-corrected chi connectivity index (χ1v) is 5.81. The van der Waals surface area contributed by atoms with E-state index < -0.39 is 0 Å². The van der Waals surface area contributed by atoms with Gasteiger partial charge in [-0.1, -0.05) is 27.2 Å². The van der Waals surface area contributed by atoms with Crippen LogP contribution in [-0.4, -0.2) is 12.1 Å². The van der Waals surface area contributed by atoms with E-state index in [0.717, 1.165) is 12.8 Å². The van der Waals surface area contributed by atoms with Gasteiger partial charge in [0.05, 0.1) is 5.92 Å². The zero-order valence-corrected chi connectivity index (χ0v) is 9.58. The molecule has 0 aromatic rings. The minimum atomic E-state index is -0.00750. The number of esters is 1. The second-order valence-electron chi connectivity index (χ2n) is 4.73. The molecule has 0 aromatic carbocycles. The zero-order chi connectivity index (χ0) is 10.6. The number of carbonyl (C=O) groups is 1. The van der Waals surface area contributed by atoms with Crippen LogP contribution in [0.25, 0.3) is 0 Å². The molecule has 0 spiro atoms. The second kappa shape index (κ2) is 5.38. The molecule has 0 bridgehead atoms. The summed E-state index contributed by atoms with van der Waals surface area (Å²) in [5.74, 6) is 0.412. The van der Waals surface area contributed by atoms with Gasteiger partial charge in [0, 0.05) is 0 Å². The summed E-state index contributed by atoms with van der Waals surface area (Å²) < 4.78 is 5.48. The van der Waals surface area contributed by atoms with Gasteiger partial charge in [0.25, 0.3) is 0 Å². The lowest BCUT2D eigenvalue weighted by Gasteiger charge is -2.24. The number of hydrogen-bond donors (Lipinski definition) is 0. The standard InChI is InChI=1S/C12H22O2/c1-9(2)10(3)12(13)14-11-7-5-4-6-8-11/h9-11H,4-8H2,1-3H3. The molecule has 1 atom stereocenters. The van der Waals surface area contributed by atoms with Gasteiger partial charge >= 0.3 is 5.97 Å². The van der Waals surface area contributed by atoms with Crippen LogP contribution >= 0.6 is 0 Å². The highest BCUT2D eigenvalue weighted by Gasteiger charge is 2.23. The highest BCUT2D eigenvalue weighted by molar-refractivity contribution is 5.72. The molecule has 0 radical (unpaired) electrons. The molecule has 1 unspecified atom stereocenters. The van der Waals surface area contributed by atoms with E-state index in [1.807, 2.05) is 6.92 Å². The van der Waals surface area contributed by atoms with Gasteiger partial charge in [0.15, 0.2) is 0 Å². The Labute approximate surface area is 87.0 Å². The monoisotopic (exact) mass is 198 g/mol. The largest absolute Gasteiger partial charge is 0.462 e. The molecule has 0 aromatic heterocycles. The molecule has 2 heteroatoms. The van der Waals surface area contributed by atoms with Gasteiger partial charge in [0.2, 0.25) is 0 Å². The summed E-state index contributed by atoms with van der Waals surface area (Å²) in [6.07, 6.45) is 6.07. The van der Waals surface area contributed by atoms with E-state index in [2.05, 4.69) is 13.8 Å². The predicted octanol–water partition coefficient (Wildman–Crippen LogP) is 3.15. The van der Waals surface area contributed by atoms with Crippen molar-refractivity contribution in [3.05, 3.63) is 0 Å². The van der Waals surface area contributed by atoms with Gasteiger partial charge < -0.3 is 4.74 Å². The molecular formula is C12H22O2. The number of hydrogen-bond acceptors (Lipinski definition) is 2. The summed E-state index contributed by atoms with van der Waals surface area (Å²) in [4.78, 5) is 11.6. The molecule has 0 N–H and O–H groups in total. The van der Waals surface area contributed by atoms with Crippen molar-refractivity contribution in [2.45, 2.75) is 59.0 Å². The van der Waals surface area contributed by atoms with E-state index >= 15 is 0 Å². The molecule has 2 nitrogen and oxygen atoms in total. The third-order valence-corrected chi connectivity index (χ3v) is 3.21. The van der Waals surface area contributed by atoms with E-state index in [1.54, 1.807) is 0 Å². The molecule has 1 rings (SSSR count). The van der Waals surface area contributed by atoms with E-state index in [4.69, 9.17) is 4.74 Å². The number of rotatable bonds is 3. The third kappa shape index (κ3) is 3.32. The molecule has 1 saturated carbocycles. The minimum absolute atomic E-state index is 0.00750. The Kier molecular flexibility index (Phi) is 4.43. The predicted molar refractivity (Wildman–Crippen MR) is 57.0 cm³/mol. The lowest BCUT2D eigenvalue weighted by molar-refractivity contribution is -0.156. The summed E-state index contributed by atoms with van der Waals surface area (Å²) in [5.41, 5.74) is 0. The van der Waals surface area contributed by atoms with Crippen molar-refractivity contribution in [1.82, 2.24) is 0 Å². The van der Waals surface area contributed by atoms with E-state index in [1.165, 1.54) is 19.3 Å². The summed E-state index contributed by atoms with van der Waals surface area (Å²) in [6, 6.07) is 0. The van der Waals surface area contributed by atoms with Gasteiger partial charge in [-0.2, -0.15) is 0 Å². The smallest absolute Gasteiger partial charge is 0.309 e. The Hall–Kier alpha value is -0.530. The third-order valence-electron chi connectivity index (χ3n) is 3.21. The highest BCUT2D eigenvalue weighted by atomic mass is 16.5. The van der Waals surface area contributed by atoms with Crippen LogP contribution in [0.5, 0.6) is 0 Å². The van der Waals surface area contributed by atoms with Gasteiger partial charge in [-0.15, -0.1) is 0 Å². The van der Waals surface area contributed by atoms with Crippen LogP contribution < -0.4 is 0 Å². The lowest BCUT2D eigenvalue weighted by Crippen LogP contribution is -2.26. The van der Waals surface area contributed by atoms with Crippen LogP contribution in [0.1, 0.15) is 52.9 Å². The number of ether oxygens (including phenoxy) is 1. The first-order chi connectivity index (χ1) is 6.61. The highest BCUT2D eigenvalue weighted by Crippen LogP contribution is 2.22. The molecule has 82 valence electrons. The Morgan fingerprint density at radius 3 is 2.21 bits per heavy atom. The molecule has 0 heterocycles. The summed E-state index contributed by atoms with van der Waals surface area (Å²) >= 11 is 0. The van der Waals surface area contributed by atoms with Crippen LogP contribution in [0, 0.1) is 11.8 Å². The quantitative estimate of drug-likeness (QED) is 0.651. The molecule has 0 saturated heterocycles. The molecule has 0 amide bonds. The van der Waals surface area contributed by atoms with E-state index in [9.17, 15) is 4.79 Å². The van der Waals surface area contributed by atoms with Crippen LogP contribution in [0.3, 0.4) is 0 Å². The van der Waals surface area contributed by atoms with Gasteiger partial charge in [0.1, 0.15) is 6.10 Å². The van der Waals surface area contributed by atoms with Crippen molar-refractivity contribution in [1.29, 1.82) is 0 Å². The molecule has 1 fully saturated rings. The Morgan fingerprint density at radius 1 is 1.14 bits per heavy atom. The first-order valence-electron chi connectivity index (χ1n) is 5.81. The van der Waals surface area contributed by atoms with Crippen LogP contribution in [0.15, 0.2) is 0 Å². The molecular weight excluding hydrogens is 176 g/mol. The maximum absolute atomic E-state index is 11.6. The average molecular weight is 198 g/mol. The SMILES string of the molecule is CC(C)C(C)C(=O)OC1CCCCC1. The van der Waals surface area contributed by atoms with E-state index in [-0.39, 0.29) is 18.0 Å². The Morgan fingerprint density at radius 2 is 1.71 bits per heavy atom. The first kappa shape index (κ1) is 11.5. The van der Waals surface area contributed by atoms with Gasteiger partial charge in [-0.05, 0) is 31.6 Å². The lowest BCUT2D eigenvalue weighted by atomic mass is 9.96. The maximum Gasteiger partial charge on any atom is 0.309 e. The van der Waals surface area contributed by atoms with Gasteiger partial charge in [-0.3, -0.25) is 4.79 Å². The Balaban J connectivity index is 2.31. The van der Waals surface area contributed by atoms with Crippen molar-refractivity contribution in [2.75, 3.05) is 0 Å². The van der Waals surface area contributed by atoms with E-state index in [0.29, 0.717) is 5.92 Å². The fraction of sp³-hybridized carbons (Fsp3) is 0.917. The zero-order valence-electron chi connectivity index (χ0n) is 9.58. The normalized spacial score (nSPS) is 20.9. The Bertz CT molecular complexity index is 181. The van der Waals surface area contributed by atoms with Crippen molar-refractivity contribution >= 4 is 5.97 Å². The summed E-state index contributed by atoms with van der Waals surface area (Å²) in [5, 5.41) is 0. The minimum Gasteiger partial charge on any atom is -0.462 e. The van der Waals surface area contributed by atoms with Crippen LogP contribution in [0.4, 0.5) is 0 Å². The molecule has 14 heavy (non-hydrogen) atoms. The van der Waals surface area contributed by atoms with Crippen molar-refractivity contribution in [3.8, 4) is 0 Å². The van der Waals surface area contributed by atoms with Gasteiger partial charge in [-0.25, -0.2) is 0 Å². The van der Waals surface area contributed by atoms with Crippen molar-refractivity contribution in [2.24, 2.45) is 11.8 Å². The molecule has 0 aliphatic heterocycles. The second-order valence-corrected chi connectivity index (χ2v) is 4.73. The average Bonchev–Trinajstić information content (AvgIpc) is 2.18. The summed E-state index contributed by atoms with van der Waals surface area (Å²) in [6.45, 7) is 6.08. The van der Waals surface area contributed by atoms with Crippen molar-refractivity contribution in [3.63, 3.8) is 0 Å². The fourth-order valence-electron chi connectivity index (χ4n) is 1.73. The maximum atomic E-state index is 11.6.